The lowest BCUT2D eigenvalue weighted by atomic mass is 9.99. The normalized spacial score (nSPS) is 14.2. The van der Waals surface area contributed by atoms with Crippen molar-refractivity contribution in [3.05, 3.63) is 59.8 Å². The Labute approximate surface area is 145 Å². The molecule has 0 fully saturated rings. The van der Waals surface area contributed by atoms with Gasteiger partial charge in [0.1, 0.15) is 18.0 Å². The molecule has 0 bridgehead atoms. The standard InChI is InChI=1S/C18H19FN4O2/c1-25-11-14-10-17(21-12-20-14)22-18(24)23-8-6-13(7-9-23)15-4-2-3-5-16(15)19/h2-6,10,12H,7-9,11H2,1H3,(H,20,21,22,24). The average molecular weight is 342 g/mol. The maximum atomic E-state index is 13.9. The molecule has 130 valence electrons. The van der Waals surface area contributed by atoms with Crippen LogP contribution in [0.25, 0.3) is 5.57 Å². The molecule has 0 radical (unpaired) electrons. The molecule has 2 heterocycles. The predicted octanol–water partition coefficient (Wildman–Crippen LogP) is 3.08. The van der Waals surface area contributed by atoms with E-state index in [1.807, 2.05) is 12.1 Å². The Morgan fingerprint density at radius 2 is 2.20 bits per heavy atom. The van der Waals surface area contributed by atoms with Gasteiger partial charge in [-0.05, 0) is 18.1 Å². The molecule has 0 atom stereocenters. The number of urea groups is 1. The molecule has 1 aliphatic rings. The molecule has 0 saturated carbocycles. The fraction of sp³-hybridized carbons (Fsp3) is 0.278. The first-order valence-electron chi connectivity index (χ1n) is 7.97. The van der Waals surface area contributed by atoms with Gasteiger partial charge in [0.05, 0.1) is 12.3 Å². The number of nitrogens with zero attached hydrogens (tertiary/aromatic N) is 3. The van der Waals surface area contributed by atoms with Crippen molar-refractivity contribution < 1.29 is 13.9 Å². The number of nitrogens with one attached hydrogen (secondary N) is 1. The third-order valence-electron chi connectivity index (χ3n) is 3.97. The molecule has 7 heteroatoms. The second-order valence-corrected chi connectivity index (χ2v) is 5.66. The summed E-state index contributed by atoms with van der Waals surface area (Å²) in [4.78, 5) is 22.1. The van der Waals surface area contributed by atoms with Crippen molar-refractivity contribution in [2.75, 3.05) is 25.5 Å². The summed E-state index contributed by atoms with van der Waals surface area (Å²) in [6.45, 7) is 1.29. The van der Waals surface area contributed by atoms with Gasteiger partial charge in [0, 0.05) is 31.8 Å². The molecule has 2 amide bonds. The first-order valence-corrected chi connectivity index (χ1v) is 7.97. The summed E-state index contributed by atoms with van der Waals surface area (Å²) in [6, 6.07) is 8.11. The van der Waals surface area contributed by atoms with Gasteiger partial charge in [0.15, 0.2) is 0 Å². The molecular formula is C18H19FN4O2. The molecule has 0 aliphatic carbocycles. The summed E-state index contributed by atoms with van der Waals surface area (Å²) in [7, 11) is 1.58. The number of methoxy groups -OCH3 is 1. The van der Waals surface area contributed by atoms with Crippen LogP contribution in [-0.4, -0.2) is 41.1 Å². The van der Waals surface area contributed by atoms with Gasteiger partial charge < -0.3 is 9.64 Å². The van der Waals surface area contributed by atoms with E-state index in [2.05, 4.69) is 15.3 Å². The van der Waals surface area contributed by atoms with E-state index in [9.17, 15) is 9.18 Å². The highest BCUT2D eigenvalue weighted by atomic mass is 19.1. The maximum Gasteiger partial charge on any atom is 0.323 e. The number of benzene rings is 1. The largest absolute Gasteiger partial charge is 0.378 e. The molecular weight excluding hydrogens is 323 g/mol. The third-order valence-corrected chi connectivity index (χ3v) is 3.97. The molecule has 0 spiro atoms. The number of aromatic nitrogens is 2. The Balaban J connectivity index is 1.63. The molecule has 1 aromatic carbocycles. The van der Waals surface area contributed by atoms with Crippen LogP contribution in [0.15, 0.2) is 42.7 Å². The number of amides is 2. The zero-order valence-corrected chi connectivity index (χ0v) is 13.9. The molecule has 6 nitrogen and oxygen atoms in total. The van der Waals surface area contributed by atoms with Crippen LogP contribution >= 0.6 is 0 Å². The van der Waals surface area contributed by atoms with E-state index in [4.69, 9.17) is 4.74 Å². The summed E-state index contributed by atoms with van der Waals surface area (Å²) in [5.74, 6) is 0.189. The minimum atomic E-state index is -0.245. The smallest absolute Gasteiger partial charge is 0.323 e. The number of hydrogen-bond donors (Lipinski definition) is 1. The number of ether oxygens (including phenoxy) is 1. The van der Waals surface area contributed by atoms with Gasteiger partial charge in [-0.15, -0.1) is 0 Å². The van der Waals surface area contributed by atoms with E-state index in [-0.39, 0.29) is 11.8 Å². The van der Waals surface area contributed by atoms with Crippen LogP contribution in [-0.2, 0) is 11.3 Å². The van der Waals surface area contributed by atoms with Crippen molar-refractivity contribution in [3.8, 4) is 0 Å². The van der Waals surface area contributed by atoms with Crippen LogP contribution in [0, 0.1) is 5.82 Å². The fourth-order valence-electron chi connectivity index (χ4n) is 2.70. The van der Waals surface area contributed by atoms with Crippen molar-refractivity contribution >= 4 is 17.4 Å². The Bertz CT molecular complexity index is 794. The van der Waals surface area contributed by atoms with E-state index in [0.29, 0.717) is 43.2 Å². The topological polar surface area (TPSA) is 67.3 Å². The Morgan fingerprint density at radius 3 is 2.92 bits per heavy atom. The Morgan fingerprint density at radius 1 is 1.36 bits per heavy atom. The number of halogens is 1. The SMILES string of the molecule is COCc1cc(NC(=O)N2CC=C(c3ccccc3F)CC2)ncn1. The lowest BCUT2D eigenvalue weighted by Crippen LogP contribution is -2.38. The van der Waals surface area contributed by atoms with E-state index in [0.717, 1.165) is 5.57 Å². The zero-order chi connectivity index (χ0) is 17.6. The zero-order valence-electron chi connectivity index (χ0n) is 13.9. The lowest BCUT2D eigenvalue weighted by Gasteiger charge is -2.26. The van der Waals surface area contributed by atoms with Crippen molar-refractivity contribution in [3.63, 3.8) is 0 Å². The summed E-state index contributed by atoms with van der Waals surface area (Å²) < 4.78 is 18.9. The molecule has 1 aliphatic heterocycles. The fourth-order valence-corrected chi connectivity index (χ4v) is 2.70. The number of carbonyl (C=O) groups is 1. The summed E-state index contributed by atoms with van der Waals surface area (Å²) in [5.41, 5.74) is 2.21. The van der Waals surface area contributed by atoms with Crippen LogP contribution in [0.2, 0.25) is 0 Å². The summed E-state index contributed by atoms with van der Waals surface area (Å²) in [6.07, 6.45) is 3.88. The minimum absolute atomic E-state index is 0.238. The minimum Gasteiger partial charge on any atom is -0.378 e. The first kappa shape index (κ1) is 17.0. The number of anilines is 1. The third kappa shape index (κ3) is 4.19. The van der Waals surface area contributed by atoms with Gasteiger partial charge in [-0.1, -0.05) is 24.3 Å². The number of rotatable bonds is 4. The van der Waals surface area contributed by atoms with E-state index < -0.39 is 0 Å². The highest BCUT2D eigenvalue weighted by Crippen LogP contribution is 2.24. The highest BCUT2D eigenvalue weighted by Gasteiger charge is 2.19. The van der Waals surface area contributed by atoms with Crippen molar-refractivity contribution in [1.29, 1.82) is 0 Å². The van der Waals surface area contributed by atoms with Crippen LogP contribution in [0.4, 0.5) is 15.0 Å². The molecule has 1 N–H and O–H groups in total. The van der Waals surface area contributed by atoms with Crippen LogP contribution in [0.1, 0.15) is 17.7 Å². The van der Waals surface area contributed by atoms with E-state index in [1.165, 1.54) is 12.4 Å². The van der Waals surface area contributed by atoms with Crippen molar-refractivity contribution in [1.82, 2.24) is 14.9 Å². The van der Waals surface area contributed by atoms with Crippen molar-refractivity contribution in [2.45, 2.75) is 13.0 Å². The molecule has 1 aromatic heterocycles. The quantitative estimate of drug-likeness (QED) is 0.927. The molecule has 0 unspecified atom stereocenters. The second-order valence-electron chi connectivity index (χ2n) is 5.66. The van der Waals surface area contributed by atoms with Crippen LogP contribution in [0.3, 0.4) is 0 Å². The van der Waals surface area contributed by atoms with Gasteiger partial charge in [0.25, 0.3) is 0 Å². The highest BCUT2D eigenvalue weighted by molar-refractivity contribution is 5.89. The molecule has 2 aromatic rings. The van der Waals surface area contributed by atoms with Crippen LogP contribution < -0.4 is 5.32 Å². The first-order chi connectivity index (χ1) is 12.2. The second kappa shape index (κ2) is 7.85. The Kier molecular flexibility index (Phi) is 5.35. The Hall–Kier alpha value is -2.80. The number of hydrogen-bond acceptors (Lipinski definition) is 4. The molecule has 25 heavy (non-hydrogen) atoms. The number of carbonyl (C=O) groups excluding carboxylic acids is 1. The van der Waals surface area contributed by atoms with Gasteiger partial charge >= 0.3 is 6.03 Å². The summed E-state index contributed by atoms with van der Waals surface area (Å²) >= 11 is 0. The average Bonchev–Trinajstić information content (AvgIpc) is 2.63. The molecule has 0 saturated heterocycles. The molecule has 3 rings (SSSR count). The van der Waals surface area contributed by atoms with Crippen molar-refractivity contribution in [2.24, 2.45) is 0 Å². The van der Waals surface area contributed by atoms with Crippen LogP contribution in [0.5, 0.6) is 0 Å². The van der Waals surface area contributed by atoms with E-state index >= 15 is 0 Å². The lowest BCUT2D eigenvalue weighted by molar-refractivity contribution is 0.181. The van der Waals surface area contributed by atoms with E-state index in [1.54, 1.807) is 30.2 Å². The van der Waals surface area contributed by atoms with Gasteiger partial charge in [-0.2, -0.15) is 0 Å². The van der Waals surface area contributed by atoms with Gasteiger partial charge in [-0.25, -0.2) is 19.2 Å². The monoisotopic (exact) mass is 342 g/mol. The summed E-state index contributed by atoms with van der Waals surface area (Å²) in [5, 5.41) is 2.75. The van der Waals surface area contributed by atoms with Gasteiger partial charge in [0.2, 0.25) is 0 Å². The van der Waals surface area contributed by atoms with Gasteiger partial charge in [-0.3, -0.25) is 5.32 Å². The maximum absolute atomic E-state index is 13.9. The predicted molar refractivity (Wildman–Crippen MR) is 92.3 cm³/mol.